The van der Waals surface area contributed by atoms with Gasteiger partial charge in [-0.1, -0.05) is 6.42 Å². The second-order valence-corrected chi connectivity index (χ2v) is 5.49. The average molecular weight is 264 g/mol. The van der Waals surface area contributed by atoms with Crippen molar-refractivity contribution in [2.45, 2.75) is 37.8 Å². The lowest BCUT2D eigenvalue weighted by Crippen LogP contribution is -2.41. The quantitative estimate of drug-likeness (QED) is 0.908. The van der Waals surface area contributed by atoms with E-state index < -0.39 is 0 Å². The van der Waals surface area contributed by atoms with E-state index in [-0.39, 0.29) is 5.82 Å². The number of halogens is 1. The van der Waals surface area contributed by atoms with E-state index in [0.29, 0.717) is 17.8 Å². The number of piperidine rings is 1. The van der Waals surface area contributed by atoms with Gasteiger partial charge in [-0.15, -0.1) is 0 Å². The second-order valence-electron chi connectivity index (χ2n) is 5.49. The smallest absolute Gasteiger partial charge is 0.165 e. The zero-order valence-corrected chi connectivity index (χ0v) is 11.4. The first-order valence-electron chi connectivity index (χ1n) is 7.12. The second kappa shape index (κ2) is 5.37. The van der Waals surface area contributed by atoms with Crippen molar-refractivity contribution in [2.75, 3.05) is 25.5 Å². The van der Waals surface area contributed by atoms with Crippen molar-refractivity contribution >= 4 is 5.69 Å². The van der Waals surface area contributed by atoms with Gasteiger partial charge >= 0.3 is 0 Å². The van der Waals surface area contributed by atoms with Gasteiger partial charge in [-0.2, -0.15) is 0 Å². The third-order valence-corrected chi connectivity index (χ3v) is 4.36. The highest BCUT2D eigenvalue weighted by molar-refractivity contribution is 5.50. The molecule has 19 heavy (non-hydrogen) atoms. The number of hydrogen-bond acceptors (Lipinski definition) is 3. The molecule has 2 fully saturated rings. The highest BCUT2D eigenvalue weighted by atomic mass is 19.1. The summed E-state index contributed by atoms with van der Waals surface area (Å²) in [4.78, 5) is 2.59. The molecule has 1 aromatic rings. The first-order valence-corrected chi connectivity index (χ1v) is 7.12. The maximum atomic E-state index is 13.4. The fraction of sp³-hybridized carbons (Fsp3) is 0.600. The Bertz CT molecular complexity index is 452. The zero-order valence-electron chi connectivity index (χ0n) is 11.4. The molecule has 0 radical (unpaired) electrons. The lowest BCUT2D eigenvalue weighted by Gasteiger charge is -2.33. The standard InChI is InChI=1S/C15H21FN2O/c1-19-15-10-11(5-6-12(15)16)17-13-7-9-18-8-3-2-4-14(13)18/h5-6,10,13-14,17H,2-4,7-9H2,1H3. The van der Waals surface area contributed by atoms with Gasteiger partial charge in [-0.05, 0) is 37.9 Å². The SMILES string of the molecule is COc1cc(NC2CCN3CCCCC23)ccc1F. The number of nitrogens with one attached hydrogen (secondary N) is 1. The molecule has 0 saturated carbocycles. The van der Waals surface area contributed by atoms with E-state index in [4.69, 9.17) is 4.74 Å². The van der Waals surface area contributed by atoms with E-state index in [0.717, 1.165) is 5.69 Å². The molecule has 0 aromatic heterocycles. The summed E-state index contributed by atoms with van der Waals surface area (Å²) >= 11 is 0. The molecule has 2 aliphatic rings. The van der Waals surface area contributed by atoms with Crippen molar-refractivity contribution in [1.82, 2.24) is 4.90 Å². The van der Waals surface area contributed by atoms with Gasteiger partial charge in [0.15, 0.2) is 11.6 Å². The van der Waals surface area contributed by atoms with E-state index in [1.807, 2.05) is 0 Å². The summed E-state index contributed by atoms with van der Waals surface area (Å²) in [5.74, 6) is 0.00209. The number of fused-ring (bicyclic) bond motifs is 1. The Hall–Kier alpha value is -1.29. The Morgan fingerprint density at radius 3 is 3.00 bits per heavy atom. The molecule has 4 heteroatoms. The maximum absolute atomic E-state index is 13.4. The van der Waals surface area contributed by atoms with Gasteiger partial charge in [0.05, 0.1) is 7.11 Å². The van der Waals surface area contributed by atoms with Gasteiger partial charge in [0.25, 0.3) is 0 Å². The molecule has 3 rings (SSSR count). The summed E-state index contributed by atoms with van der Waals surface area (Å²) in [6.45, 7) is 2.41. The topological polar surface area (TPSA) is 24.5 Å². The number of anilines is 1. The van der Waals surface area contributed by atoms with E-state index in [2.05, 4.69) is 10.2 Å². The Morgan fingerprint density at radius 2 is 2.16 bits per heavy atom. The molecule has 2 atom stereocenters. The van der Waals surface area contributed by atoms with E-state index in [1.165, 1.54) is 51.9 Å². The summed E-state index contributed by atoms with van der Waals surface area (Å²) in [6.07, 6.45) is 5.10. The number of methoxy groups -OCH3 is 1. The maximum Gasteiger partial charge on any atom is 0.165 e. The summed E-state index contributed by atoms with van der Waals surface area (Å²) < 4.78 is 18.4. The number of benzene rings is 1. The molecule has 0 bridgehead atoms. The molecule has 2 unspecified atom stereocenters. The van der Waals surface area contributed by atoms with Crippen LogP contribution in [0.25, 0.3) is 0 Å². The van der Waals surface area contributed by atoms with Crippen LogP contribution in [0, 0.1) is 5.82 Å². The van der Waals surface area contributed by atoms with Crippen molar-refractivity contribution in [3.05, 3.63) is 24.0 Å². The van der Waals surface area contributed by atoms with Crippen LogP contribution < -0.4 is 10.1 Å². The lowest BCUT2D eigenvalue weighted by molar-refractivity contribution is 0.193. The van der Waals surface area contributed by atoms with Crippen LogP contribution in [0.4, 0.5) is 10.1 Å². The largest absolute Gasteiger partial charge is 0.494 e. The van der Waals surface area contributed by atoms with Gasteiger partial charge in [-0.25, -0.2) is 4.39 Å². The number of rotatable bonds is 3. The Morgan fingerprint density at radius 1 is 1.26 bits per heavy atom. The molecule has 2 heterocycles. The van der Waals surface area contributed by atoms with Crippen molar-refractivity contribution in [3.63, 3.8) is 0 Å². The van der Waals surface area contributed by atoms with Gasteiger partial charge in [0, 0.05) is 30.4 Å². The van der Waals surface area contributed by atoms with Crippen LogP contribution in [0.3, 0.4) is 0 Å². The number of ether oxygens (including phenoxy) is 1. The fourth-order valence-corrected chi connectivity index (χ4v) is 3.38. The average Bonchev–Trinajstić information content (AvgIpc) is 2.84. The van der Waals surface area contributed by atoms with Gasteiger partial charge in [0.2, 0.25) is 0 Å². The van der Waals surface area contributed by atoms with E-state index in [1.54, 1.807) is 12.1 Å². The van der Waals surface area contributed by atoms with Crippen molar-refractivity contribution in [3.8, 4) is 5.75 Å². The minimum Gasteiger partial charge on any atom is -0.494 e. The predicted molar refractivity (Wildman–Crippen MR) is 74.2 cm³/mol. The Balaban J connectivity index is 1.71. The molecule has 1 N–H and O–H groups in total. The predicted octanol–water partition coefficient (Wildman–Crippen LogP) is 2.87. The fourth-order valence-electron chi connectivity index (χ4n) is 3.38. The molecule has 0 aliphatic carbocycles. The lowest BCUT2D eigenvalue weighted by atomic mass is 9.99. The molecule has 2 aliphatic heterocycles. The molecular weight excluding hydrogens is 243 g/mol. The molecular formula is C15H21FN2O. The minimum atomic E-state index is -0.307. The monoisotopic (exact) mass is 264 g/mol. The van der Waals surface area contributed by atoms with Crippen LogP contribution in [0.5, 0.6) is 5.75 Å². The number of nitrogens with zero attached hydrogens (tertiary/aromatic N) is 1. The van der Waals surface area contributed by atoms with Gasteiger partial charge < -0.3 is 10.1 Å². The van der Waals surface area contributed by atoms with Gasteiger partial charge in [-0.3, -0.25) is 4.90 Å². The first-order chi connectivity index (χ1) is 9.28. The van der Waals surface area contributed by atoms with Gasteiger partial charge in [0.1, 0.15) is 0 Å². The molecule has 104 valence electrons. The van der Waals surface area contributed by atoms with Crippen LogP contribution in [0.15, 0.2) is 18.2 Å². The molecule has 2 saturated heterocycles. The highest BCUT2D eigenvalue weighted by Gasteiger charge is 2.35. The third kappa shape index (κ3) is 2.54. The Labute approximate surface area is 113 Å². The summed E-state index contributed by atoms with van der Waals surface area (Å²) in [5.41, 5.74) is 0.954. The van der Waals surface area contributed by atoms with Crippen LogP contribution in [0.2, 0.25) is 0 Å². The van der Waals surface area contributed by atoms with Crippen molar-refractivity contribution in [1.29, 1.82) is 0 Å². The molecule has 3 nitrogen and oxygen atoms in total. The van der Waals surface area contributed by atoms with E-state index >= 15 is 0 Å². The first kappa shape index (κ1) is 12.7. The minimum absolute atomic E-state index is 0.307. The zero-order chi connectivity index (χ0) is 13.2. The highest BCUT2D eigenvalue weighted by Crippen LogP contribution is 2.30. The van der Waals surface area contributed by atoms with Crippen molar-refractivity contribution < 1.29 is 9.13 Å². The summed E-state index contributed by atoms with van der Waals surface area (Å²) in [7, 11) is 1.50. The van der Waals surface area contributed by atoms with Crippen molar-refractivity contribution in [2.24, 2.45) is 0 Å². The summed E-state index contributed by atoms with van der Waals surface area (Å²) in [6, 6.07) is 6.14. The summed E-state index contributed by atoms with van der Waals surface area (Å²) in [5, 5.41) is 3.55. The number of hydrogen-bond donors (Lipinski definition) is 1. The normalized spacial score (nSPS) is 27.1. The third-order valence-electron chi connectivity index (χ3n) is 4.36. The van der Waals surface area contributed by atoms with Crippen LogP contribution >= 0.6 is 0 Å². The van der Waals surface area contributed by atoms with Crippen LogP contribution in [-0.4, -0.2) is 37.2 Å². The van der Waals surface area contributed by atoms with Crippen LogP contribution in [0.1, 0.15) is 25.7 Å². The molecule has 0 amide bonds. The Kier molecular flexibility index (Phi) is 3.60. The van der Waals surface area contributed by atoms with Crippen LogP contribution in [-0.2, 0) is 0 Å². The molecule has 0 spiro atoms. The molecule has 1 aromatic carbocycles. The van der Waals surface area contributed by atoms with E-state index in [9.17, 15) is 4.39 Å².